The van der Waals surface area contributed by atoms with Crippen molar-refractivity contribution in [2.45, 2.75) is 32.4 Å². The molecule has 27 heavy (non-hydrogen) atoms. The summed E-state index contributed by atoms with van der Waals surface area (Å²) in [5, 5.41) is 7.28. The number of hydrogen-bond acceptors (Lipinski definition) is 3. The molecule has 2 N–H and O–H groups in total. The minimum absolute atomic E-state index is 0. The molecular formula is C20H27ClIN5. The Morgan fingerprint density at radius 2 is 2.04 bits per heavy atom. The van der Waals surface area contributed by atoms with Gasteiger partial charge < -0.3 is 15.5 Å². The molecule has 3 rings (SSSR count). The average molecular weight is 500 g/mol. The summed E-state index contributed by atoms with van der Waals surface area (Å²) in [6.45, 7) is 5.11. The topological polar surface area (TPSA) is 52.6 Å². The molecule has 2 aromatic rings. The van der Waals surface area contributed by atoms with Crippen molar-refractivity contribution in [2.24, 2.45) is 4.99 Å². The zero-order valence-corrected chi connectivity index (χ0v) is 18.9. The minimum Gasteiger partial charge on any atom is -0.372 e. The first kappa shape index (κ1) is 21.8. The molecule has 1 aromatic carbocycles. The molecule has 0 radical (unpaired) electrons. The van der Waals surface area contributed by atoms with E-state index in [4.69, 9.17) is 11.6 Å². The maximum atomic E-state index is 5.83. The monoisotopic (exact) mass is 499 g/mol. The SMILES string of the molecule is CN=C(NCc1ccc(Cl)nc1)NC(C)c1cccc(N2CCCC2)c1.I. The van der Waals surface area contributed by atoms with Crippen LogP contribution in [0.1, 0.15) is 36.9 Å². The van der Waals surface area contributed by atoms with Crippen LogP contribution in [-0.2, 0) is 6.54 Å². The van der Waals surface area contributed by atoms with Gasteiger partial charge in [-0.2, -0.15) is 0 Å². The molecule has 0 spiro atoms. The molecule has 0 saturated carbocycles. The van der Waals surface area contributed by atoms with Crippen LogP contribution in [0.3, 0.4) is 0 Å². The smallest absolute Gasteiger partial charge is 0.191 e. The highest BCUT2D eigenvalue weighted by Crippen LogP contribution is 2.23. The van der Waals surface area contributed by atoms with Gasteiger partial charge in [0.25, 0.3) is 0 Å². The van der Waals surface area contributed by atoms with Gasteiger partial charge >= 0.3 is 0 Å². The lowest BCUT2D eigenvalue weighted by Crippen LogP contribution is -2.38. The number of anilines is 1. The zero-order valence-electron chi connectivity index (χ0n) is 15.8. The van der Waals surface area contributed by atoms with Gasteiger partial charge in [0.05, 0.1) is 6.04 Å². The van der Waals surface area contributed by atoms with E-state index < -0.39 is 0 Å². The summed E-state index contributed by atoms with van der Waals surface area (Å²) < 4.78 is 0. The van der Waals surface area contributed by atoms with Gasteiger partial charge in [0.15, 0.2) is 5.96 Å². The Morgan fingerprint density at radius 1 is 1.26 bits per heavy atom. The van der Waals surface area contributed by atoms with Crippen molar-refractivity contribution in [2.75, 3.05) is 25.0 Å². The van der Waals surface area contributed by atoms with Crippen LogP contribution in [0.4, 0.5) is 5.69 Å². The first-order chi connectivity index (χ1) is 12.7. The number of pyridine rings is 1. The van der Waals surface area contributed by atoms with Gasteiger partial charge in [-0.25, -0.2) is 4.98 Å². The maximum absolute atomic E-state index is 5.83. The lowest BCUT2D eigenvalue weighted by atomic mass is 10.1. The number of guanidine groups is 1. The van der Waals surface area contributed by atoms with E-state index >= 15 is 0 Å². The van der Waals surface area contributed by atoms with Crippen LogP contribution in [0.25, 0.3) is 0 Å². The second kappa shape index (κ2) is 10.7. The predicted molar refractivity (Wildman–Crippen MR) is 124 cm³/mol. The lowest BCUT2D eigenvalue weighted by Gasteiger charge is -2.22. The van der Waals surface area contributed by atoms with Gasteiger partial charge in [-0.3, -0.25) is 4.99 Å². The molecule has 1 unspecified atom stereocenters. The van der Waals surface area contributed by atoms with E-state index in [2.05, 4.69) is 56.7 Å². The third-order valence-electron chi connectivity index (χ3n) is 4.67. The molecule has 5 nitrogen and oxygen atoms in total. The number of hydrogen-bond donors (Lipinski definition) is 2. The second-order valence-corrected chi connectivity index (χ2v) is 6.96. The Hall–Kier alpha value is -1.54. The normalized spacial score (nSPS) is 15.2. The highest BCUT2D eigenvalue weighted by Gasteiger charge is 2.14. The zero-order chi connectivity index (χ0) is 18.4. The fourth-order valence-corrected chi connectivity index (χ4v) is 3.26. The van der Waals surface area contributed by atoms with Gasteiger partial charge in [-0.05, 0) is 49.1 Å². The van der Waals surface area contributed by atoms with E-state index in [0.29, 0.717) is 11.7 Å². The summed E-state index contributed by atoms with van der Waals surface area (Å²) in [4.78, 5) is 10.9. The molecule has 0 aliphatic carbocycles. The Morgan fingerprint density at radius 3 is 2.70 bits per heavy atom. The van der Waals surface area contributed by atoms with Crippen LogP contribution >= 0.6 is 35.6 Å². The Bertz CT molecular complexity index is 744. The number of aromatic nitrogens is 1. The van der Waals surface area contributed by atoms with E-state index in [9.17, 15) is 0 Å². The second-order valence-electron chi connectivity index (χ2n) is 6.57. The highest BCUT2D eigenvalue weighted by molar-refractivity contribution is 14.0. The molecule has 1 atom stereocenters. The summed E-state index contributed by atoms with van der Waals surface area (Å²) >= 11 is 5.83. The van der Waals surface area contributed by atoms with E-state index in [-0.39, 0.29) is 30.0 Å². The van der Waals surface area contributed by atoms with Gasteiger partial charge in [0, 0.05) is 38.6 Å². The quantitative estimate of drug-likeness (QED) is 0.277. The lowest BCUT2D eigenvalue weighted by molar-refractivity contribution is 0.684. The summed E-state index contributed by atoms with van der Waals surface area (Å²) in [5.41, 5.74) is 3.62. The van der Waals surface area contributed by atoms with Crippen LogP contribution in [0.15, 0.2) is 47.6 Å². The molecule has 1 aliphatic heterocycles. The molecule has 1 fully saturated rings. The van der Waals surface area contributed by atoms with E-state index in [1.807, 2.05) is 6.07 Å². The van der Waals surface area contributed by atoms with Crippen molar-refractivity contribution >= 4 is 47.2 Å². The fourth-order valence-electron chi connectivity index (χ4n) is 3.15. The van der Waals surface area contributed by atoms with Crippen LogP contribution in [0.2, 0.25) is 5.15 Å². The summed E-state index contributed by atoms with van der Waals surface area (Å²) in [7, 11) is 1.78. The Kier molecular flexibility index (Phi) is 8.63. The largest absolute Gasteiger partial charge is 0.372 e. The van der Waals surface area contributed by atoms with E-state index in [1.54, 1.807) is 19.3 Å². The molecule has 1 aliphatic rings. The minimum atomic E-state index is 0. The molecule has 0 amide bonds. The maximum Gasteiger partial charge on any atom is 0.191 e. The van der Waals surface area contributed by atoms with Crippen molar-refractivity contribution in [3.05, 3.63) is 58.9 Å². The van der Waals surface area contributed by atoms with Crippen LogP contribution in [0, 0.1) is 0 Å². The van der Waals surface area contributed by atoms with Crippen molar-refractivity contribution in [1.82, 2.24) is 15.6 Å². The van der Waals surface area contributed by atoms with Crippen molar-refractivity contribution < 1.29 is 0 Å². The third kappa shape index (κ3) is 6.24. The van der Waals surface area contributed by atoms with Crippen molar-refractivity contribution in [3.8, 4) is 0 Å². The van der Waals surface area contributed by atoms with E-state index in [0.717, 1.165) is 24.6 Å². The molecule has 0 bridgehead atoms. The first-order valence-corrected chi connectivity index (χ1v) is 9.46. The number of halogens is 2. The van der Waals surface area contributed by atoms with Crippen molar-refractivity contribution in [1.29, 1.82) is 0 Å². The molecule has 2 heterocycles. The van der Waals surface area contributed by atoms with E-state index in [1.165, 1.54) is 24.1 Å². The van der Waals surface area contributed by atoms with Crippen molar-refractivity contribution in [3.63, 3.8) is 0 Å². The number of benzene rings is 1. The van der Waals surface area contributed by atoms with Gasteiger partial charge in [-0.1, -0.05) is 29.8 Å². The molecule has 1 aromatic heterocycles. The van der Waals surface area contributed by atoms with Gasteiger partial charge in [0.1, 0.15) is 5.15 Å². The molecule has 146 valence electrons. The molecular weight excluding hydrogens is 473 g/mol. The number of nitrogens with zero attached hydrogens (tertiary/aromatic N) is 3. The standard InChI is InChI=1S/C20H26ClN5.HI/c1-15(17-6-5-7-18(12-17)26-10-3-4-11-26)25-20(22-2)24-14-16-8-9-19(21)23-13-16;/h5-9,12-13,15H,3-4,10-11,14H2,1-2H3,(H2,22,24,25);1H. The first-order valence-electron chi connectivity index (χ1n) is 9.08. The van der Waals surface area contributed by atoms with Crippen LogP contribution in [0.5, 0.6) is 0 Å². The average Bonchev–Trinajstić information content (AvgIpc) is 3.21. The summed E-state index contributed by atoms with van der Waals surface area (Å²) in [6, 6.07) is 12.7. The summed E-state index contributed by atoms with van der Waals surface area (Å²) in [5.74, 6) is 0.763. The number of rotatable bonds is 5. The Balaban J connectivity index is 0.00000261. The molecule has 7 heteroatoms. The fraction of sp³-hybridized carbons (Fsp3) is 0.400. The third-order valence-corrected chi connectivity index (χ3v) is 4.89. The molecule has 1 saturated heterocycles. The van der Waals surface area contributed by atoms with Gasteiger partial charge in [-0.15, -0.1) is 24.0 Å². The van der Waals surface area contributed by atoms with Crippen LogP contribution in [-0.4, -0.2) is 31.1 Å². The van der Waals surface area contributed by atoms with Crippen LogP contribution < -0.4 is 15.5 Å². The number of aliphatic imine (C=N–C) groups is 1. The van der Waals surface area contributed by atoms with Gasteiger partial charge in [0.2, 0.25) is 0 Å². The summed E-state index contributed by atoms with van der Waals surface area (Å²) in [6.07, 6.45) is 4.34. The number of nitrogens with one attached hydrogen (secondary N) is 2. The predicted octanol–water partition coefficient (Wildman–Crippen LogP) is 4.38. The Labute approximate surface area is 183 Å². The highest BCUT2D eigenvalue weighted by atomic mass is 127.